The summed E-state index contributed by atoms with van der Waals surface area (Å²) >= 11 is -1.24. The molecule has 0 saturated carbocycles. The number of hydrogen-bond donors (Lipinski definition) is 2. The molecule has 30 heavy (non-hydrogen) atoms. The van der Waals surface area contributed by atoms with Crippen LogP contribution in [0.5, 0.6) is 5.75 Å². The maximum absolute atomic E-state index is 12.5. The van der Waals surface area contributed by atoms with Crippen molar-refractivity contribution in [2.45, 2.75) is 57.8 Å². The second-order valence-corrected chi connectivity index (χ2v) is 10.4. The Hall–Kier alpha value is -1.96. The molecule has 1 saturated heterocycles. The normalized spacial score (nSPS) is 17.7. The van der Waals surface area contributed by atoms with E-state index in [0.717, 1.165) is 37.5 Å². The number of anilines is 1. The fourth-order valence-electron chi connectivity index (χ4n) is 2.71. The number of carbonyl (C=O) groups is 1. The van der Waals surface area contributed by atoms with E-state index in [9.17, 15) is 9.35 Å². The molecule has 1 aromatic rings. The third kappa shape index (κ3) is 8.05. The Bertz CT molecular complexity index is 722. The predicted octanol–water partition coefficient (Wildman–Crippen LogP) is 4.33. The summed E-state index contributed by atoms with van der Waals surface area (Å²) in [6.07, 6.45) is 5.96. The van der Waals surface area contributed by atoms with Gasteiger partial charge in [0.15, 0.2) is 0 Å². The van der Waals surface area contributed by atoms with Gasteiger partial charge in [0, 0.05) is 24.4 Å². The number of amides is 1. The van der Waals surface area contributed by atoms with Gasteiger partial charge in [-0.2, -0.15) is 0 Å². The first-order chi connectivity index (χ1) is 14.2. The molecule has 1 fully saturated rings. The van der Waals surface area contributed by atoms with Crippen molar-refractivity contribution in [1.29, 1.82) is 0 Å². The Morgan fingerprint density at radius 2 is 1.97 bits per heavy atom. The van der Waals surface area contributed by atoms with Gasteiger partial charge in [0.25, 0.3) is 0 Å². The standard InChI is InChI=1S/C23H34N2O4S/c1-6-18(25-30(27)23(3,4)5)8-7-17(2)22(26)24-19-9-11-20(12-10-19)29-21-13-15-28-16-14-21/h6,8-12,17,21,25H,1,7,13-16H2,2-5H3,(H,24,26)/b18-8+. The lowest BCUT2D eigenvalue weighted by Crippen LogP contribution is -2.38. The van der Waals surface area contributed by atoms with E-state index in [-0.39, 0.29) is 22.7 Å². The van der Waals surface area contributed by atoms with Gasteiger partial charge in [0.1, 0.15) is 16.6 Å². The van der Waals surface area contributed by atoms with Crippen LogP contribution in [0.25, 0.3) is 0 Å². The highest BCUT2D eigenvalue weighted by Crippen LogP contribution is 2.21. The monoisotopic (exact) mass is 434 g/mol. The van der Waals surface area contributed by atoms with Gasteiger partial charge in [-0.05, 0) is 57.5 Å². The van der Waals surface area contributed by atoms with Crippen molar-refractivity contribution in [3.63, 3.8) is 0 Å². The average molecular weight is 435 g/mol. The van der Waals surface area contributed by atoms with Gasteiger partial charge in [0.05, 0.1) is 30.3 Å². The van der Waals surface area contributed by atoms with Crippen LogP contribution < -0.4 is 14.8 Å². The van der Waals surface area contributed by atoms with E-state index in [1.807, 2.05) is 58.0 Å². The highest BCUT2D eigenvalue weighted by molar-refractivity contribution is 7.90. The summed E-state index contributed by atoms with van der Waals surface area (Å²) in [5.74, 6) is 0.470. The maximum atomic E-state index is 12.5. The summed E-state index contributed by atoms with van der Waals surface area (Å²) in [6.45, 7) is 12.8. The molecular formula is C23H34N2O4S. The fourth-order valence-corrected chi connectivity index (χ4v) is 3.39. The van der Waals surface area contributed by atoms with Crippen LogP contribution in [-0.4, -0.2) is 34.5 Å². The molecule has 1 aromatic carbocycles. The Kier molecular flexibility index (Phi) is 9.27. The van der Waals surface area contributed by atoms with Gasteiger partial charge in [-0.3, -0.25) is 4.79 Å². The summed E-state index contributed by atoms with van der Waals surface area (Å²) in [6, 6.07) is 7.44. The lowest BCUT2D eigenvalue weighted by molar-refractivity contribution is -0.119. The SMILES string of the molecule is C=C/C(=C\CC(C)C(=O)Nc1ccc(OC2CCOCC2)cc1)N[S+]([O-])C(C)(C)C. The van der Waals surface area contributed by atoms with Crippen LogP contribution in [0.1, 0.15) is 47.0 Å². The predicted molar refractivity (Wildman–Crippen MR) is 123 cm³/mol. The molecule has 0 aromatic heterocycles. The van der Waals surface area contributed by atoms with Crippen molar-refractivity contribution in [2.75, 3.05) is 18.5 Å². The molecule has 0 spiro atoms. The van der Waals surface area contributed by atoms with Gasteiger partial charge >= 0.3 is 0 Å². The van der Waals surface area contributed by atoms with Crippen LogP contribution in [0.4, 0.5) is 5.69 Å². The highest BCUT2D eigenvalue weighted by Gasteiger charge is 2.26. The number of rotatable bonds is 9. The largest absolute Gasteiger partial charge is 0.593 e. The summed E-state index contributed by atoms with van der Waals surface area (Å²) in [5.41, 5.74) is 1.39. The van der Waals surface area contributed by atoms with Crippen molar-refractivity contribution in [1.82, 2.24) is 4.72 Å². The molecule has 2 N–H and O–H groups in total. The van der Waals surface area contributed by atoms with E-state index in [2.05, 4.69) is 16.6 Å². The molecule has 0 bridgehead atoms. The lowest BCUT2D eigenvalue weighted by atomic mass is 10.1. The first-order valence-electron chi connectivity index (χ1n) is 10.4. The topological polar surface area (TPSA) is 82.7 Å². The van der Waals surface area contributed by atoms with Crippen molar-refractivity contribution in [3.8, 4) is 5.75 Å². The third-order valence-corrected chi connectivity index (χ3v) is 6.25. The van der Waals surface area contributed by atoms with E-state index >= 15 is 0 Å². The molecule has 7 heteroatoms. The zero-order chi connectivity index (χ0) is 22.1. The van der Waals surface area contributed by atoms with Crippen molar-refractivity contribution in [2.24, 2.45) is 5.92 Å². The van der Waals surface area contributed by atoms with Crippen molar-refractivity contribution in [3.05, 3.63) is 48.7 Å². The summed E-state index contributed by atoms with van der Waals surface area (Å²) < 4.78 is 26.1. The Morgan fingerprint density at radius 1 is 1.33 bits per heavy atom. The number of allylic oxidation sites excluding steroid dienone is 2. The van der Waals surface area contributed by atoms with Crippen LogP contribution >= 0.6 is 0 Å². The number of nitrogens with one attached hydrogen (secondary N) is 2. The molecule has 1 heterocycles. The smallest absolute Gasteiger partial charge is 0.227 e. The highest BCUT2D eigenvalue weighted by atomic mass is 32.2. The van der Waals surface area contributed by atoms with Gasteiger partial charge in [-0.15, -0.1) is 0 Å². The lowest BCUT2D eigenvalue weighted by Gasteiger charge is -2.24. The first-order valence-corrected chi connectivity index (χ1v) is 11.5. The molecule has 0 radical (unpaired) electrons. The first kappa shape index (κ1) is 24.3. The molecule has 166 valence electrons. The van der Waals surface area contributed by atoms with Crippen molar-refractivity contribution >= 4 is 23.0 Å². The number of hydrogen-bond acceptors (Lipinski definition) is 5. The van der Waals surface area contributed by atoms with Crippen LogP contribution in [-0.2, 0) is 20.9 Å². The molecule has 2 unspecified atom stereocenters. The van der Waals surface area contributed by atoms with Gasteiger partial charge < -0.3 is 19.3 Å². The van der Waals surface area contributed by atoms with Gasteiger partial charge in [0.2, 0.25) is 5.91 Å². The minimum Gasteiger partial charge on any atom is -0.593 e. The molecule has 1 aliphatic rings. The molecule has 1 amide bonds. The Balaban J connectivity index is 1.84. The molecule has 0 aliphatic carbocycles. The summed E-state index contributed by atoms with van der Waals surface area (Å²) in [5, 5.41) is 2.93. The minimum absolute atomic E-state index is 0.0790. The number of ether oxygens (including phenoxy) is 2. The average Bonchev–Trinajstić information content (AvgIpc) is 2.72. The molecular weight excluding hydrogens is 400 g/mol. The summed E-state index contributed by atoms with van der Waals surface area (Å²) in [4.78, 5) is 12.5. The van der Waals surface area contributed by atoms with Crippen LogP contribution in [0.2, 0.25) is 0 Å². The second kappa shape index (κ2) is 11.4. The minimum atomic E-state index is -1.24. The van der Waals surface area contributed by atoms with E-state index in [4.69, 9.17) is 9.47 Å². The molecule has 1 aliphatic heterocycles. The molecule has 2 rings (SSSR count). The quantitative estimate of drug-likeness (QED) is 0.446. The fraction of sp³-hybridized carbons (Fsp3) is 0.522. The van der Waals surface area contributed by atoms with Crippen LogP contribution in [0.3, 0.4) is 0 Å². The van der Waals surface area contributed by atoms with E-state index in [1.165, 1.54) is 0 Å². The van der Waals surface area contributed by atoms with E-state index < -0.39 is 11.4 Å². The number of benzene rings is 1. The van der Waals surface area contributed by atoms with E-state index in [1.54, 1.807) is 6.08 Å². The van der Waals surface area contributed by atoms with Crippen molar-refractivity contribution < 1.29 is 18.8 Å². The summed E-state index contributed by atoms with van der Waals surface area (Å²) in [7, 11) is 0. The van der Waals surface area contributed by atoms with Gasteiger partial charge in [-0.25, -0.2) is 4.72 Å². The zero-order valence-corrected chi connectivity index (χ0v) is 19.2. The van der Waals surface area contributed by atoms with E-state index in [0.29, 0.717) is 12.1 Å². The second-order valence-electron chi connectivity index (χ2n) is 8.43. The maximum Gasteiger partial charge on any atom is 0.227 e. The Morgan fingerprint density at radius 3 is 2.53 bits per heavy atom. The number of carbonyl (C=O) groups excluding carboxylic acids is 1. The molecule has 6 nitrogen and oxygen atoms in total. The molecule has 2 atom stereocenters. The third-order valence-electron chi connectivity index (χ3n) is 4.72. The van der Waals surface area contributed by atoms with Crippen LogP contribution in [0, 0.1) is 5.92 Å². The Labute approximate surface area is 183 Å². The van der Waals surface area contributed by atoms with Gasteiger partial charge in [-0.1, -0.05) is 19.6 Å². The van der Waals surface area contributed by atoms with Crippen LogP contribution in [0.15, 0.2) is 48.7 Å². The zero-order valence-electron chi connectivity index (χ0n) is 18.4.